The fourth-order valence-electron chi connectivity index (χ4n) is 3.24. The van der Waals surface area contributed by atoms with E-state index in [9.17, 15) is 4.79 Å². The summed E-state index contributed by atoms with van der Waals surface area (Å²) in [5.74, 6) is 1.62. The number of likely N-dealkylation sites (N-methyl/N-ethyl adjacent to an activating group) is 1. The molecule has 0 spiro atoms. The largest absolute Gasteiger partial charge is 0.497 e. The number of methoxy groups -OCH3 is 1. The predicted octanol–water partition coefficient (Wildman–Crippen LogP) is 4.18. The summed E-state index contributed by atoms with van der Waals surface area (Å²) in [6, 6.07) is 15.9. The van der Waals surface area contributed by atoms with Crippen LogP contribution in [0.1, 0.15) is 24.2 Å². The van der Waals surface area contributed by atoms with Gasteiger partial charge in [0.05, 0.1) is 31.9 Å². The summed E-state index contributed by atoms with van der Waals surface area (Å²) < 4.78 is 10.7. The molecule has 7 heteroatoms. The summed E-state index contributed by atoms with van der Waals surface area (Å²) in [5.41, 5.74) is 2.92. The van der Waals surface area contributed by atoms with E-state index in [0.29, 0.717) is 13.2 Å². The van der Waals surface area contributed by atoms with E-state index in [4.69, 9.17) is 9.47 Å². The van der Waals surface area contributed by atoms with Gasteiger partial charge in [-0.15, -0.1) is 11.3 Å². The topological polar surface area (TPSA) is 63.7 Å². The Morgan fingerprint density at radius 2 is 1.77 bits per heavy atom. The molecule has 0 bridgehead atoms. The highest BCUT2D eigenvalue weighted by molar-refractivity contribution is 7.13. The maximum atomic E-state index is 12.5. The predicted molar refractivity (Wildman–Crippen MR) is 125 cm³/mol. The average Bonchev–Trinajstić information content (AvgIpc) is 3.23. The molecule has 0 aliphatic carbocycles. The third kappa shape index (κ3) is 6.29. The van der Waals surface area contributed by atoms with Crippen LogP contribution in [0.2, 0.25) is 0 Å². The number of ether oxygens (including phenoxy) is 2. The van der Waals surface area contributed by atoms with Crippen molar-refractivity contribution in [2.45, 2.75) is 19.4 Å². The van der Waals surface area contributed by atoms with Crippen LogP contribution in [0.4, 0.5) is 0 Å². The second kappa shape index (κ2) is 10.9. The molecule has 1 aromatic heterocycles. The van der Waals surface area contributed by atoms with Gasteiger partial charge in [-0.3, -0.25) is 4.79 Å². The van der Waals surface area contributed by atoms with E-state index in [1.807, 2.05) is 74.9 Å². The maximum absolute atomic E-state index is 12.5. The van der Waals surface area contributed by atoms with Gasteiger partial charge in [0.15, 0.2) is 0 Å². The van der Waals surface area contributed by atoms with Gasteiger partial charge in [0, 0.05) is 17.5 Å². The Bertz CT molecular complexity index is 968. The first kappa shape index (κ1) is 22.8. The van der Waals surface area contributed by atoms with Gasteiger partial charge < -0.3 is 19.7 Å². The number of carbonyl (C=O) groups is 1. The highest BCUT2D eigenvalue weighted by Gasteiger charge is 2.16. The molecule has 3 rings (SSSR count). The minimum atomic E-state index is -0.0381. The number of hydrogen-bond acceptors (Lipinski definition) is 6. The van der Waals surface area contributed by atoms with Gasteiger partial charge in [-0.05, 0) is 63.0 Å². The number of carbonyl (C=O) groups excluding carboxylic acids is 1. The third-order valence-electron chi connectivity index (χ3n) is 4.92. The summed E-state index contributed by atoms with van der Waals surface area (Å²) in [6.45, 7) is 3.13. The molecule has 0 aliphatic rings. The summed E-state index contributed by atoms with van der Waals surface area (Å²) in [6.07, 6.45) is 0.260. The third-order valence-corrected chi connectivity index (χ3v) is 5.86. The number of nitrogens with zero attached hydrogens (tertiary/aromatic N) is 2. The second-order valence-corrected chi connectivity index (χ2v) is 8.19. The van der Waals surface area contributed by atoms with Crippen LogP contribution < -0.4 is 14.8 Å². The van der Waals surface area contributed by atoms with Gasteiger partial charge in [-0.1, -0.05) is 12.1 Å². The summed E-state index contributed by atoms with van der Waals surface area (Å²) >= 11 is 1.54. The van der Waals surface area contributed by atoms with Crippen molar-refractivity contribution < 1.29 is 14.3 Å². The van der Waals surface area contributed by atoms with Crippen molar-refractivity contribution in [3.8, 4) is 22.1 Å². The Morgan fingerprint density at radius 3 is 2.39 bits per heavy atom. The number of hydrogen-bond donors (Lipinski definition) is 1. The molecule has 1 heterocycles. The molecule has 1 amide bonds. The molecule has 0 saturated carbocycles. The molecule has 31 heavy (non-hydrogen) atoms. The van der Waals surface area contributed by atoms with Crippen LogP contribution in [-0.2, 0) is 11.2 Å². The minimum absolute atomic E-state index is 0.0381. The summed E-state index contributed by atoms with van der Waals surface area (Å²) in [7, 11) is 5.66. The monoisotopic (exact) mass is 439 g/mol. The van der Waals surface area contributed by atoms with E-state index in [0.717, 1.165) is 33.3 Å². The molecule has 1 N–H and O–H groups in total. The zero-order chi connectivity index (χ0) is 22.2. The Balaban J connectivity index is 1.57. The SMILES string of the molecule is CCOc1ccc(-c2nc(CC(=O)NCC(c3ccc(OC)cc3)N(C)C)cs2)cc1. The van der Waals surface area contributed by atoms with Crippen LogP contribution in [0, 0.1) is 0 Å². The van der Waals surface area contributed by atoms with Crippen molar-refractivity contribution in [3.63, 3.8) is 0 Å². The van der Waals surface area contributed by atoms with Gasteiger partial charge >= 0.3 is 0 Å². The van der Waals surface area contributed by atoms with E-state index in [1.54, 1.807) is 18.4 Å². The van der Waals surface area contributed by atoms with Gasteiger partial charge in [0.25, 0.3) is 0 Å². The van der Waals surface area contributed by atoms with Gasteiger partial charge in [0.1, 0.15) is 16.5 Å². The molecule has 1 unspecified atom stereocenters. The number of aromatic nitrogens is 1. The van der Waals surface area contributed by atoms with Crippen molar-refractivity contribution in [2.24, 2.45) is 0 Å². The quantitative estimate of drug-likeness (QED) is 0.513. The molecule has 0 saturated heterocycles. The van der Waals surface area contributed by atoms with Crippen molar-refractivity contribution >= 4 is 17.2 Å². The molecule has 2 aromatic carbocycles. The minimum Gasteiger partial charge on any atom is -0.497 e. The summed E-state index contributed by atoms with van der Waals surface area (Å²) in [5, 5.41) is 5.89. The number of thiazole rings is 1. The first-order chi connectivity index (χ1) is 15.0. The van der Waals surface area contributed by atoms with Crippen LogP contribution in [-0.4, -0.2) is 50.1 Å². The Hall–Kier alpha value is -2.90. The summed E-state index contributed by atoms with van der Waals surface area (Å²) in [4.78, 5) is 19.3. The number of rotatable bonds is 10. The van der Waals surface area contributed by atoms with Gasteiger partial charge in [0.2, 0.25) is 5.91 Å². The Morgan fingerprint density at radius 1 is 1.10 bits per heavy atom. The molecule has 0 fully saturated rings. The van der Waals surface area contributed by atoms with Crippen LogP contribution in [0.15, 0.2) is 53.9 Å². The lowest BCUT2D eigenvalue weighted by Gasteiger charge is -2.25. The van der Waals surface area contributed by atoms with Gasteiger partial charge in [-0.25, -0.2) is 4.98 Å². The smallest absolute Gasteiger partial charge is 0.226 e. The molecule has 0 aliphatic heterocycles. The van der Waals surface area contributed by atoms with E-state index in [2.05, 4.69) is 15.2 Å². The van der Waals surface area contributed by atoms with E-state index >= 15 is 0 Å². The van der Waals surface area contributed by atoms with Crippen molar-refractivity contribution in [2.75, 3.05) is 34.4 Å². The standard InChI is InChI=1S/C24H29N3O3S/c1-5-30-21-12-8-18(9-13-21)24-26-19(16-31-24)14-23(28)25-15-22(27(2)3)17-6-10-20(29-4)11-7-17/h6-13,16,22H,5,14-15H2,1-4H3,(H,25,28). The Labute approximate surface area is 187 Å². The second-order valence-electron chi connectivity index (χ2n) is 7.33. The van der Waals surface area contributed by atoms with E-state index < -0.39 is 0 Å². The molecular weight excluding hydrogens is 410 g/mol. The van der Waals surface area contributed by atoms with Crippen LogP contribution in [0.3, 0.4) is 0 Å². The lowest BCUT2D eigenvalue weighted by atomic mass is 10.1. The van der Waals surface area contributed by atoms with Crippen molar-refractivity contribution in [1.82, 2.24) is 15.2 Å². The highest BCUT2D eigenvalue weighted by atomic mass is 32.1. The van der Waals surface area contributed by atoms with E-state index in [1.165, 1.54) is 0 Å². The first-order valence-electron chi connectivity index (χ1n) is 10.2. The van der Waals surface area contributed by atoms with Crippen LogP contribution >= 0.6 is 11.3 Å². The zero-order valence-corrected chi connectivity index (χ0v) is 19.2. The molecule has 6 nitrogen and oxygen atoms in total. The normalized spacial score (nSPS) is 11.9. The zero-order valence-electron chi connectivity index (χ0n) is 18.4. The number of amides is 1. The van der Waals surface area contributed by atoms with Crippen molar-refractivity contribution in [3.05, 3.63) is 65.2 Å². The molecular formula is C24H29N3O3S. The van der Waals surface area contributed by atoms with Gasteiger partial charge in [-0.2, -0.15) is 0 Å². The lowest BCUT2D eigenvalue weighted by Crippen LogP contribution is -2.35. The highest BCUT2D eigenvalue weighted by Crippen LogP contribution is 2.26. The molecule has 3 aromatic rings. The van der Waals surface area contributed by atoms with E-state index in [-0.39, 0.29) is 18.4 Å². The molecule has 164 valence electrons. The Kier molecular flexibility index (Phi) is 8.03. The fourth-order valence-corrected chi connectivity index (χ4v) is 4.07. The molecule has 0 radical (unpaired) electrons. The van der Waals surface area contributed by atoms with Crippen LogP contribution in [0.5, 0.6) is 11.5 Å². The average molecular weight is 440 g/mol. The molecule has 1 atom stereocenters. The lowest BCUT2D eigenvalue weighted by molar-refractivity contribution is -0.120. The maximum Gasteiger partial charge on any atom is 0.226 e. The van der Waals surface area contributed by atoms with Crippen LogP contribution in [0.25, 0.3) is 10.6 Å². The number of benzene rings is 2. The first-order valence-corrected chi connectivity index (χ1v) is 11.1. The number of nitrogens with one attached hydrogen (secondary N) is 1. The fraction of sp³-hybridized carbons (Fsp3) is 0.333. The van der Waals surface area contributed by atoms with Crippen molar-refractivity contribution in [1.29, 1.82) is 0 Å².